The number of carbonyl (C=O) groups is 1. The number of ether oxygens (including phenoxy) is 2. The van der Waals surface area contributed by atoms with Gasteiger partial charge >= 0.3 is 0 Å². The van der Waals surface area contributed by atoms with Gasteiger partial charge in [0.2, 0.25) is 5.95 Å². The third kappa shape index (κ3) is 5.37. The second kappa shape index (κ2) is 8.28. The first-order chi connectivity index (χ1) is 11.1. The average Bonchev–Trinajstić information content (AvgIpc) is 2.98. The first kappa shape index (κ1) is 17.0. The van der Waals surface area contributed by atoms with E-state index in [0.29, 0.717) is 24.8 Å². The molecule has 124 valence electrons. The first-order valence-electron chi connectivity index (χ1n) is 7.49. The van der Waals surface area contributed by atoms with E-state index in [1.54, 1.807) is 18.1 Å². The van der Waals surface area contributed by atoms with Crippen LogP contribution in [0.2, 0.25) is 0 Å². The molecule has 1 aromatic carbocycles. The molecule has 1 amide bonds. The zero-order valence-electron chi connectivity index (χ0n) is 13.7. The molecule has 0 bridgehead atoms. The molecule has 23 heavy (non-hydrogen) atoms. The number of hydrogen-bond donors (Lipinski definition) is 1. The molecule has 0 atom stereocenters. The van der Waals surface area contributed by atoms with Crippen LogP contribution in [0.5, 0.6) is 5.75 Å². The Morgan fingerprint density at radius 1 is 1.30 bits per heavy atom. The Hall–Kier alpha value is -2.41. The number of aromatic nitrogens is 3. The van der Waals surface area contributed by atoms with Crippen LogP contribution < -0.4 is 10.1 Å². The van der Waals surface area contributed by atoms with Crippen molar-refractivity contribution >= 4 is 11.9 Å². The average molecular weight is 318 g/mol. The van der Waals surface area contributed by atoms with Crippen LogP contribution in [0.3, 0.4) is 0 Å². The van der Waals surface area contributed by atoms with E-state index < -0.39 is 0 Å². The number of amides is 1. The molecule has 1 N–H and O–H groups in total. The fraction of sp³-hybridized carbons (Fsp3) is 0.438. The number of rotatable bonds is 8. The van der Waals surface area contributed by atoms with Gasteiger partial charge in [0.1, 0.15) is 12.1 Å². The normalized spacial score (nSPS) is 10.8. The van der Waals surface area contributed by atoms with Gasteiger partial charge in [0.25, 0.3) is 5.91 Å². The van der Waals surface area contributed by atoms with Gasteiger partial charge in [0.15, 0.2) is 6.61 Å². The molecule has 0 saturated carbocycles. The van der Waals surface area contributed by atoms with Crippen molar-refractivity contribution in [3.8, 4) is 5.75 Å². The molecule has 0 aliphatic carbocycles. The van der Waals surface area contributed by atoms with Crippen LogP contribution in [0.4, 0.5) is 5.95 Å². The van der Waals surface area contributed by atoms with Crippen molar-refractivity contribution in [3.05, 3.63) is 36.2 Å². The van der Waals surface area contributed by atoms with Crippen LogP contribution in [-0.2, 0) is 16.1 Å². The minimum Gasteiger partial charge on any atom is -0.484 e. The Kier molecular flexibility index (Phi) is 6.10. The third-order valence-electron chi connectivity index (χ3n) is 3.23. The Balaban J connectivity index is 1.79. The lowest BCUT2D eigenvalue weighted by atomic mass is 10.0. The molecular formula is C16H22N4O3. The summed E-state index contributed by atoms with van der Waals surface area (Å²) in [6, 6.07) is 7.72. The minimum atomic E-state index is -0.303. The topological polar surface area (TPSA) is 78.3 Å². The molecule has 2 rings (SSSR count). The predicted octanol–water partition coefficient (Wildman–Crippen LogP) is 2.07. The first-order valence-corrected chi connectivity index (χ1v) is 7.49. The van der Waals surface area contributed by atoms with Crippen LogP contribution in [0.15, 0.2) is 30.6 Å². The van der Waals surface area contributed by atoms with Gasteiger partial charge in [-0.2, -0.15) is 0 Å². The summed E-state index contributed by atoms with van der Waals surface area (Å²) in [6.45, 7) is 5.28. The number of nitrogens with one attached hydrogen (secondary N) is 1. The molecule has 0 radical (unpaired) electrons. The lowest BCUT2D eigenvalue weighted by Gasteiger charge is -2.08. The molecule has 0 aliphatic rings. The Bertz CT molecular complexity index is 623. The van der Waals surface area contributed by atoms with Crippen molar-refractivity contribution in [1.82, 2.24) is 14.8 Å². The van der Waals surface area contributed by atoms with Crippen LogP contribution in [-0.4, -0.2) is 41.0 Å². The van der Waals surface area contributed by atoms with Crippen molar-refractivity contribution in [3.63, 3.8) is 0 Å². The highest BCUT2D eigenvalue weighted by molar-refractivity contribution is 5.90. The second-order valence-corrected chi connectivity index (χ2v) is 5.38. The highest BCUT2D eigenvalue weighted by Crippen LogP contribution is 2.18. The van der Waals surface area contributed by atoms with E-state index in [4.69, 9.17) is 9.47 Å². The Morgan fingerprint density at radius 3 is 2.70 bits per heavy atom. The van der Waals surface area contributed by atoms with Crippen molar-refractivity contribution in [1.29, 1.82) is 0 Å². The minimum absolute atomic E-state index is 0.0896. The van der Waals surface area contributed by atoms with E-state index >= 15 is 0 Å². The monoisotopic (exact) mass is 318 g/mol. The summed E-state index contributed by atoms with van der Waals surface area (Å²) in [5.74, 6) is 1.07. The van der Waals surface area contributed by atoms with Crippen molar-refractivity contribution in [2.24, 2.45) is 0 Å². The summed E-state index contributed by atoms with van der Waals surface area (Å²) in [5.41, 5.74) is 1.23. The van der Waals surface area contributed by atoms with E-state index in [9.17, 15) is 4.79 Å². The highest BCUT2D eigenvalue weighted by Gasteiger charge is 2.08. The Morgan fingerprint density at radius 2 is 2.04 bits per heavy atom. The van der Waals surface area contributed by atoms with Gasteiger partial charge in [-0.25, -0.2) is 9.67 Å². The SMILES string of the molecule is COCCn1cnc(NC(=O)COc2ccc(C(C)C)cc2)n1. The van der Waals surface area contributed by atoms with E-state index in [0.717, 1.165) is 0 Å². The predicted molar refractivity (Wildman–Crippen MR) is 86.6 cm³/mol. The summed E-state index contributed by atoms with van der Waals surface area (Å²) >= 11 is 0. The molecule has 0 unspecified atom stereocenters. The molecular weight excluding hydrogens is 296 g/mol. The van der Waals surface area contributed by atoms with Crippen molar-refractivity contribution in [2.75, 3.05) is 25.6 Å². The largest absolute Gasteiger partial charge is 0.484 e. The van der Waals surface area contributed by atoms with Gasteiger partial charge in [0, 0.05) is 7.11 Å². The number of nitrogens with zero attached hydrogens (tertiary/aromatic N) is 3. The lowest BCUT2D eigenvalue weighted by Crippen LogP contribution is -2.21. The smallest absolute Gasteiger partial charge is 0.264 e. The zero-order valence-corrected chi connectivity index (χ0v) is 13.7. The van der Waals surface area contributed by atoms with Crippen LogP contribution in [0.25, 0.3) is 0 Å². The molecule has 7 nitrogen and oxygen atoms in total. The molecule has 1 aromatic heterocycles. The summed E-state index contributed by atoms with van der Waals surface area (Å²) in [7, 11) is 1.62. The van der Waals surface area contributed by atoms with E-state index in [1.165, 1.54) is 5.56 Å². The molecule has 0 fully saturated rings. The third-order valence-corrected chi connectivity index (χ3v) is 3.23. The van der Waals surface area contributed by atoms with Gasteiger partial charge in [-0.05, 0) is 23.6 Å². The van der Waals surface area contributed by atoms with Gasteiger partial charge < -0.3 is 9.47 Å². The lowest BCUT2D eigenvalue weighted by molar-refractivity contribution is -0.118. The molecule has 0 spiro atoms. The van der Waals surface area contributed by atoms with Gasteiger partial charge in [-0.3, -0.25) is 10.1 Å². The molecule has 0 saturated heterocycles. The molecule has 2 aromatic rings. The number of hydrogen-bond acceptors (Lipinski definition) is 5. The van der Waals surface area contributed by atoms with E-state index in [2.05, 4.69) is 29.2 Å². The number of anilines is 1. The summed E-state index contributed by atoms with van der Waals surface area (Å²) in [6.07, 6.45) is 1.54. The maximum atomic E-state index is 11.8. The maximum Gasteiger partial charge on any atom is 0.264 e. The van der Waals surface area contributed by atoms with E-state index in [-0.39, 0.29) is 18.5 Å². The number of carbonyl (C=O) groups excluding carboxylic acids is 1. The van der Waals surface area contributed by atoms with Crippen molar-refractivity contribution in [2.45, 2.75) is 26.3 Å². The number of benzene rings is 1. The van der Waals surface area contributed by atoms with Gasteiger partial charge in [-0.1, -0.05) is 26.0 Å². The quantitative estimate of drug-likeness (QED) is 0.806. The summed E-state index contributed by atoms with van der Waals surface area (Å²) < 4.78 is 12.0. The Labute approximate surface area is 135 Å². The van der Waals surface area contributed by atoms with Crippen LogP contribution >= 0.6 is 0 Å². The molecule has 0 aliphatic heterocycles. The molecule has 1 heterocycles. The zero-order chi connectivity index (χ0) is 16.7. The van der Waals surface area contributed by atoms with Gasteiger partial charge in [0.05, 0.1) is 13.2 Å². The van der Waals surface area contributed by atoms with E-state index in [1.807, 2.05) is 24.3 Å². The fourth-order valence-electron chi connectivity index (χ4n) is 1.90. The number of methoxy groups -OCH3 is 1. The van der Waals surface area contributed by atoms with Crippen LogP contribution in [0, 0.1) is 0 Å². The summed E-state index contributed by atoms with van der Waals surface area (Å²) in [5, 5.41) is 6.70. The van der Waals surface area contributed by atoms with Gasteiger partial charge in [-0.15, -0.1) is 5.10 Å². The second-order valence-electron chi connectivity index (χ2n) is 5.38. The van der Waals surface area contributed by atoms with Crippen molar-refractivity contribution < 1.29 is 14.3 Å². The standard InChI is InChI=1S/C16H22N4O3/c1-12(2)13-4-6-14(7-5-13)23-10-15(21)18-16-17-11-20(19-16)8-9-22-3/h4-7,11-12H,8-10H2,1-3H3,(H,18,19,21). The molecule has 7 heteroatoms. The van der Waals surface area contributed by atoms with Crippen LogP contribution in [0.1, 0.15) is 25.3 Å². The highest BCUT2D eigenvalue weighted by atomic mass is 16.5. The summed E-state index contributed by atoms with van der Waals surface area (Å²) in [4.78, 5) is 15.8. The maximum absolute atomic E-state index is 11.8. The fourth-order valence-corrected chi connectivity index (χ4v) is 1.90.